The fourth-order valence-corrected chi connectivity index (χ4v) is 3.20. The Morgan fingerprint density at radius 1 is 1.38 bits per heavy atom. The first-order chi connectivity index (χ1) is 10.2. The quantitative estimate of drug-likeness (QED) is 0.846. The molecule has 0 heterocycles. The van der Waals surface area contributed by atoms with Crippen molar-refractivity contribution in [1.82, 2.24) is 5.32 Å². The Bertz CT molecular complexity index is 458. The maximum atomic E-state index is 12.5. The highest BCUT2D eigenvalue weighted by atomic mass is 16.5. The number of benzene rings is 1. The van der Waals surface area contributed by atoms with Crippen molar-refractivity contribution < 1.29 is 9.53 Å². The van der Waals surface area contributed by atoms with Crippen molar-refractivity contribution in [3.63, 3.8) is 0 Å². The Morgan fingerprint density at radius 2 is 2.10 bits per heavy atom. The molecule has 3 unspecified atom stereocenters. The molecule has 4 heteroatoms. The van der Waals surface area contributed by atoms with Crippen LogP contribution in [0.25, 0.3) is 0 Å². The Kier molecular flexibility index (Phi) is 5.62. The largest absolute Gasteiger partial charge is 0.497 e. The van der Waals surface area contributed by atoms with Crippen molar-refractivity contribution in [2.75, 3.05) is 13.7 Å². The summed E-state index contributed by atoms with van der Waals surface area (Å²) in [5.74, 6) is 1.42. The second kappa shape index (κ2) is 7.46. The lowest BCUT2D eigenvalue weighted by Crippen LogP contribution is -2.37. The van der Waals surface area contributed by atoms with Crippen molar-refractivity contribution >= 4 is 5.91 Å². The van der Waals surface area contributed by atoms with E-state index in [-0.39, 0.29) is 17.9 Å². The van der Waals surface area contributed by atoms with E-state index < -0.39 is 0 Å². The number of hydrogen-bond acceptors (Lipinski definition) is 3. The highest BCUT2D eigenvalue weighted by Crippen LogP contribution is 2.32. The first-order valence-electron chi connectivity index (χ1n) is 7.84. The Morgan fingerprint density at radius 3 is 2.67 bits per heavy atom. The van der Waals surface area contributed by atoms with Gasteiger partial charge in [-0.3, -0.25) is 4.79 Å². The van der Waals surface area contributed by atoms with Crippen LogP contribution >= 0.6 is 0 Å². The minimum absolute atomic E-state index is 0.0578. The van der Waals surface area contributed by atoms with E-state index in [4.69, 9.17) is 10.5 Å². The number of methoxy groups -OCH3 is 1. The van der Waals surface area contributed by atoms with Gasteiger partial charge in [-0.25, -0.2) is 0 Å². The molecule has 1 saturated carbocycles. The molecule has 1 fully saturated rings. The minimum atomic E-state index is 0.0578. The smallest absolute Gasteiger partial charge is 0.223 e. The van der Waals surface area contributed by atoms with Crippen LogP contribution in [0.3, 0.4) is 0 Å². The molecule has 1 aromatic carbocycles. The summed E-state index contributed by atoms with van der Waals surface area (Å²) in [5.41, 5.74) is 6.89. The van der Waals surface area contributed by atoms with Gasteiger partial charge in [0.1, 0.15) is 5.75 Å². The molecule has 0 aliphatic heterocycles. The van der Waals surface area contributed by atoms with Crippen LogP contribution in [0.1, 0.15) is 44.2 Å². The summed E-state index contributed by atoms with van der Waals surface area (Å²) in [6, 6.07) is 7.96. The van der Waals surface area contributed by atoms with Gasteiger partial charge >= 0.3 is 0 Å². The standard InChI is InChI=1S/C17H26N2O2/c1-3-16(12-7-9-14(21-2)10-8-12)19-17(20)15-6-4-5-13(15)11-18/h7-10,13,15-16H,3-6,11,18H2,1-2H3,(H,19,20). The van der Waals surface area contributed by atoms with Crippen LogP contribution in [0.4, 0.5) is 0 Å². The third-order valence-corrected chi connectivity index (χ3v) is 4.54. The molecule has 3 atom stereocenters. The van der Waals surface area contributed by atoms with E-state index in [2.05, 4.69) is 12.2 Å². The lowest BCUT2D eigenvalue weighted by Gasteiger charge is -2.23. The number of carbonyl (C=O) groups excluding carboxylic acids is 1. The van der Waals surface area contributed by atoms with Crippen LogP contribution < -0.4 is 15.8 Å². The summed E-state index contributed by atoms with van der Waals surface area (Å²) in [7, 11) is 1.65. The molecular weight excluding hydrogens is 264 g/mol. The van der Waals surface area contributed by atoms with Gasteiger partial charge in [0, 0.05) is 5.92 Å². The number of hydrogen-bond donors (Lipinski definition) is 2. The number of nitrogens with two attached hydrogens (primary N) is 1. The first-order valence-corrected chi connectivity index (χ1v) is 7.84. The monoisotopic (exact) mass is 290 g/mol. The van der Waals surface area contributed by atoms with Crippen LogP contribution in [-0.4, -0.2) is 19.6 Å². The van der Waals surface area contributed by atoms with E-state index in [1.165, 1.54) is 0 Å². The Labute approximate surface area is 127 Å². The molecule has 0 saturated heterocycles. The molecule has 1 aromatic rings. The van der Waals surface area contributed by atoms with E-state index in [1.54, 1.807) is 7.11 Å². The van der Waals surface area contributed by atoms with Crippen LogP contribution in [0.2, 0.25) is 0 Å². The maximum absolute atomic E-state index is 12.5. The summed E-state index contributed by atoms with van der Waals surface area (Å²) < 4.78 is 5.17. The van der Waals surface area contributed by atoms with Crippen molar-refractivity contribution in [1.29, 1.82) is 0 Å². The van der Waals surface area contributed by atoms with Crippen LogP contribution in [0.5, 0.6) is 5.75 Å². The summed E-state index contributed by atoms with van der Waals surface area (Å²) in [5, 5.41) is 3.19. The third-order valence-electron chi connectivity index (χ3n) is 4.54. The number of nitrogens with one attached hydrogen (secondary N) is 1. The van der Waals surface area contributed by atoms with Crippen LogP contribution in [-0.2, 0) is 4.79 Å². The van der Waals surface area contributed by atoms with Gasteiger partial charge in [-0.1, -0.05) is 25.5 Å². The number of rotatable bonds is 6. The molecule has 1 aliphatic carbocycles. The molecule has 0 radical (unpaired) electrons. The molecule has 0 aromatic heterocycles. The molecule has 116 valence electrons. The zero-order chi connectivity index (χ0) is 15.2. The number of amides is 1. The summed E-state index contributed by atoms with van der Waals surface area (Å²) in [6.07, 6.45) is 4.03. The molecule has 4 nitrogen and oxygen atoms in total. The number of ether oxygens (including phenoxy) is 1. The van der Waals surface area contributed by atoms with Gasteiger partial charge in [0.25, 0.3) is 0 Å². The molecule has 2 rings (SSSR count). The van der Waals surface area contributed by atoms with Gasteiger partial charge in [-0.05, 0) is 49.4 Å². The topological polar surface area (TPSA) is 64.4 Å². The van der Waals surface area contributed by atoms with Crippen molar-refractivity contribution in [2.24, 2.45) is 17.6 Å². The van der Waals surface area contributed by atoms with Gasteiger partial charge in [0.15, 0.2) is 0 Å². The molecule has 0 spiro atoms. The second-order valence-corrected chi connectivity index (χ2v) is 5.78. The SMILES string of the molecule is CCC(NC(=O)C1CCCC1CN)c1ccc(OC)cc1. The van der Waals surface area contributed by atoms with Crippen molar-refractivity contribution in [3.8, 4) is 5.75 Å². The summed E-state index contributed by atoms with van der Waals surface area (Å²) in [6.45, 7) is 2.70. The molecule has 21 heavy (non-hydrogen) atoms. The lowest BCUT2D eigenvalue weighted by molar-refractivity contribution is -0.126. The zero-order valence-corrected chi connectivity index (χ0v) is 13.0. The molecular formula is C17H26N2O2. The van der Waals surface area contributed by atoms with E-state index >= 15 is 0 Å². The average molecular weight is 290 g/mol. The summed E-state index contributed by atoms with van der Waals surface area (Å²) in [4.78, 5) is 12.5. The van der Waals surface area contributed by atoms with Crippen LogP contribution in [0.15, 0.2) is 24.3 Å². The second-order valence-electron chi connectivity index (χ2n) is 5.78. The van der Waals surface area contributed by atoms with E-state index in [9.17, 15) is 4.79 Å². The molecule has 0 bridgehead atoms. The predicted molar refractivity (Wildman–Crippen MR) is 84.1 cm³/mol. The van der Waals surface area contributed by atoms with Gasteiger partial charge in [-0.2, -0.15) is 0 Å². The fourth-order valence-electron chi connectivity index (χ4n) is 3.20. The van der Waals surface area contributed by atoms with Gasteiger partial charge in [-0.15, -0.1) is 0 Å². The highest BCUT2D eigenvalue weighted by molar-refractivity contribution is 5.79. The normalized spacial score (nSPS) is 22.8. The maximum Gasteiger partial charge on any atom is 0.223 e. The molecule has 1 aliphatic rings. The Balaban J connectivity index is 2.02. The first kappa shape index (κ1) is 15.8. The average Bonchev–Trinajstić information content (AvgIpc) is 3.01. The lowest BCUT2D eigenvalue weighted by atomic mass is 9.94. The number of carbonyl (C=O) groups is 1. The fraction of sp³-hybridized carbons (Fsp3) is 0.588. The van der Waals surface area contributed by atoms with E-state index in [1.807, 2.05) is 24.3 Å². The van der Waals surface area contributed by atoms with Gasteiger partial charge in [0.2, 0.25) is 5.91 Å². The molecule has 1 amide bonds. The van der Waals surface area contributed by atoms with Gasteiger partial charge < -0.3 is 15.8 Å². The van der Waals surface area contributed by atoms with Gasteiger partial charge in [0.05, 0.1) is 13.2 Å². The van der Waals surface area contributed by atoms with Crippen molar-refractivity contribution in [2.45, 2.75) is 38.6 Å². The molecule has 3 N–H and O–H groups in total. The van der Waals surface area contributed by atoms with E-state index in [0.29, 0.717) is 12.5 Å². The summed E-state index contributed by atoms with van der Waals surface area (Å²) >= 11 is 0. The predicted octanol–water partition coefficient (Wildman–Crippen LogP) is 2.64. The zero-order valence-electron chi connectivity index (χ0n) is 13.0. The van der Waals surface area contributed by atoms with E-state index in [0.717, 1.165) is 37.0 Å². The Hall–Kier alpha value is -1.55. The minimum Gasteiger partial charge on any atom is -0.497 e. The van der Waals surface area contributed by atoms with Crippen molar-refractivity contribution in [3.05, 3.63) is 29.8 Å². The highest BCUT2D eigenvalue weighted by Gasteiger charge is 2.32. The third kappa shape index (κ3) is 3.76. The van der Waals surface area contributed by atoms with Crippen LogP contribution in [0, 0.1) is 11.8 Å².